The molecule has 0 spiro atoms. The average Bonchev–Trinajstić information content (AvgIpc) is 2.78. The largest absolute Gasteiger partial charge is 0.497 e. The molecule has 1 saturated heterocycles. The molecule has 3 aliphatic rings. The topological polar surface area (TPSA) is 29.5 Å². The standard InChI is InChI=1S/C26H29NO2.BrH/c1-29-21-12-11-20-17-24-22-9-5-6-14-26(22,23(20)18-21)15-16-27(24)25(28)13-10-19-7-3-2-4-8-19;/h2-4,7-8,10-13,18,22,24H,5-6,9,14-17H2,1H3;1H/b13-10+;/t22-,24+,26+;/m0./s1. The summed E-state index contributed by atoms with van der Waals surface area (Å²) in [7, 11) is 1.75. The highest BCUT2D eigenvalue weighted by Gasteiger charge is 2.54. The van der Waals surface area contributed by atoms with Crippen molar-refractivity contribution in [3.63, 3.8) is 0 Å². The smallest absolute Gasteiger partial charge is 0.246 e. The quantitative estimate of drug-likeness (QED) is 0.551. The number of carbonyl (C=O) groups excluding carboxylic acids is 1. The fraction of sp³-hybridized carbons (Fsp3) is 0.423. The van der Waals surface area contributed by atoms with Gasteiger partial charge >= 0.3 is 0 Å². The Bertz CT molecular complexity index is 941. The Kier molecular flexibility index (Phi) is 6.06. The molecule has 2 aliphatic carbocycles. The van der Waals surface area contributed by atoms with Gasteiger partial charge in [-0.05, 0) is 66.5 Å². The number of likely N-dealkylation sites (tertiary alicyclic amines) is 1. The van der Waals surface area contributed by atoms with E-state index >= 15 is 0 Å². The number of hydrogen-bond donors (Lipinski definition) is 0. The van der Waals surface area contributed by atoms with Crippen molar-refractivity contribution in [3.05, 3.63) is 71.3 Å². The van der Waals surface area contributed by atoms with Crippen molar-refractivity contribution in [2.24, 2.45) is 5.92 Å². The molecule has 1 aliphatic heterocycles. The molecule has 4 heteroatoms. The van der Waals surface area contributed by atoms with E-state index < -0.39 is 0 Å². The lowest BCUT2D eigenvalue weighted by atomic mass is 9.52. The highest BCUT2D eigenvalue weighted by atomic mass is 79.9. The fourth-order valence-electron chi connectivity index (χ4n) is 6.21. The average molecular weight is 468 g/mol. The number of methoxy groups -OCH3 is 1. The minimum Gasteiger partial charge on any atom is -0.497 e. The Morgan fingerprint density at radius 2 is 1.97 bits per heavy atom. The van der Waals surface area contributed by atoms with Crippen LogP contribution in [0.1, 0.15) is 48.8 Å². The van der Waals surface area contributed by atoms with Crippen LogP contribution in [0.15, 0.2) is 54.6 Å². The van der Waals surface area contributed by atoms with Crippen LogP contribution in [0.5, 0.6) is 5.75 Å². The van der Waals surface area contributed by atoms with Crippen LogP contribution in [0, 0.1) is 5.92 Å². The third-order valence-electron chi connectivity index (χ3n) is 7.54. The summed E-state index contributed by atoms with van der Waals surface area (Å²) in [5, 5.41) is 0. The summed E-state index contributed by atoms with van der Waals surface area (Å²) >= 11 is 0. The van der Waals surface area contributed by atoms with Gasteiger partial charge in [0.05, 0.1) is 7.11 Å². The number of carbonyl (C=O) groups is 1. The molecule has 2 aromatic carbocycles. The van der Waals surface area contributed by atoms with Crippen LogP contribution >= 0.6 is 17.0 Å². The maximum Gasteiger partial charge on any atom is 0.246 e. The van der Waals surface area contributed by atoms with Crippen molar-refractivity contribution in [1.29, 1.82) is 0 Å². The summed E-state index contributed by atoms with van der Waals surface area (Å²) in [5.41, 5.74) is 4.22. The Balaban J connectivity index is 0.00000218. The summed E-state index contributed by atoms with van der Waals surface area (Å²) in [6.07, 6.45) is 10.8. The number of fused-ring (bicyclic) bond motifs is 1. The number of nitrogens with zero attached hydrogens (tertiary/aromatic N) is 1. The molecule has 1 heterocycles. The molecule has 2 bridgehead atoms. The van der Waals surface area contributed by atoms with E-state index in [0.717, 1.165) is 30.7 Å². The molecular formula is C26H30BrNO2. The second-order valence-corrected chi connectivity index (χ2v) is 8.83. The van der Waals surface area contributed by atoms with E-state index in [1.807, 2.05) is 36.4 Å². The molecule has 0 N–H and O–H groups in total. The SMILES string of the molecule is Br.COc1ccc2c(c1)[C@@]13CCCC[C@H]1[C@@H](C2)N(C(=O)/C=C/c1ccccc1)CC3. The Morgan fingerprint density at radius 1 is 1.13 bits per heavy atom. The molecule has 0 unspecified atom stereocenters. The number of hydrogen-bond acceptors (Lipinski definition) is 2. The second-order valence-electron chi connectivity index (χ2n) is 8.83. The first-order valence-electron chi connectivity index (χ1n) is 10.9. The lowest BCUT2D eigenvalue weighted by Crippen LogP contribution is -2.61. The van der Waals surface area contributed by atoms with E-state index in [9.17, 15) is 4.79 Å². The summed E-state index contributed by atoms with van der Waals surface area (Å²) in [5.74, 6) is 1.69. The zero-order valence-corrected chi connectivity index (χ0v) is 19.3. The van der Waals surface area contributed by atoms with Crippen LogP contribution in [0.2, 0.25) is 0 Å². The highest BCUT2D eigenvalue weighted by molar-refractivity contribution is 8.93. The van der Waals surface area contributed by atoms with E-state index in [4.69, 9.17) is 4.74 Å². The molecule has 3 nitrogen and oxygen atoms in total. The Morgan fingerprint density at radius 3 is 2.77 bits per heavy atom. The van der Waals surface area contributed by atoms with E-state index in [0.29, 0.717) is 12.0 Å². The number of amides is 1. The van der Waals surface area contributed by atoms with Gasteiger partial charge in [-0.25, -0.2) is 0 Å². The zero-order valence-electron chi connectivity index (χ0n) is 17.5. The third kappa shape index (κ3) is 3.49. The van der Waals surface area contributed by atoms with Gasteiger partial charge < -0.3 is 9.64 Å². The molecule has 1 amide bonds. The van der Waals surface area contributed by atoms with Crippen LogP contribution in [0.4, 0.5) is 0 Å². The molecule has 2 fully saturated rings. The predicted octanol–water partition coefficient (Wildman–Crippen LogP) is 5.57. The molecule has 2 aromatic rings. The fourth-order valence-corrected chi connectivity index (χ4v) is 6.21. The summed E-state index contributed by atoms with van der Waals surface area (Å²) in [6, 6.07) is 17.0. The van der Waals surface area contributed by atoms with E-state index in [-0.39, 0.29) is 28.3 Å². The van der Waals surface area contributed by atoms with E-state index in [1.165, 1.54) is 36.8 Å². The summed E-state index contributed by atoms with van der Waals surface area (Å²) in [6.45, 7) is 0.857. The van der Waals surface area contributed by atoms with Gasteiger partial charge in [0, 0.05) is 24.1 Å². The number of ether oxygens (including phenoxy) is 1. The maximum absolute atomic E-state index is 13.2. The van der Waals surface area contributed by atoms with Crippen molar-refractivity contribution in [3.8, 4) is 5.75 Å². The zero-order chi connectivity index (χ0) is 19.8. The van der Waals surface area contributed by atoms with Gasteiger partial charge in [-0.2, -0.15) is 0 Å². The Hall–Kier alpha value is -2.07. The lowest BCUT2D eigenvalue weighted by molar-refractivity contribution is -0.135. The molecule has 3 atom stereocenters. The number of piperidine rings is 1. The van der Waals surface area contributed by atoms with E-state index in [2.05, 4.69) is 23.1 Å². The van der Waals surface area contributed by atoms with E-state index in [1.54, 1.807) is 13.2 Å². The van der Waals surface area contributed by atoms with Crippen LogP contribution in [-0.4, -0.2) is 30.5 Å². The molecule has 5 rings (SSSR count). The first-order valence-corrected chi connectivity index (χ1v) is 10.9. The maximum atomic E-state index is 13.2. The minimum atomic E-state index is 0. The Labute approximate surface area is 189 Å². The van der Waals surface area contributed by atoms with Gasteiger partial charge in [-0.15, -0.1) is 17.0 Å². The third-order valence-corrected chi connectivity index (χ3v) is 7.54. The predicted molar refractivity (Wildman–Crippen MR) is 126 cm³/mol. The first-order chi connectivity index (χ1) is 14.2. The highest BCUT2D eigenvalue weighted by Crippen LogP contribution is 2.56. The van der Waals surface area contributed by atoms with Crippen molar-refractivity contribution >= 4 is 29.0 Å². The number of halogens is 1. The van der Waals surface area contributed by atoms with Crippen molar-refractivity contribution in [2.75, 3.05) is 13.7 Å². The van der Waals surface area contributed by atoms with Gasteiger partial charge in [0.15, 0.2) is 0 Å². The summed E-state index contributed by atoms with van der Waals surface area (Å²) in [4.78, 5) is 15.3. The van der Waals surface area contributed by atoms with Crippen LogP contribution in [0.3, 0.4) is 0 Å². The normalized spacial score (nSPS) is 27.0. The molecular weight excluding hydrogens is 438 g/mol. The molecule has 30 heavy (non-hydrogen) atoms. The van der Waals surface area contributed by atoms with Crippen molar-refractivity contribution in [2.45, 2.75) is 50.0 Å². The lowest BCUT2D eigenvalue weighted by Gasteiger charge is -2.59. The summed E-state index contributed by atoms with van der Waals surface area (Å²) < 4.78 is 5.55. The molecule has 0 aromatic heterocycles. The van der Waals surface area contributed by atoms with Gasteiger partial charge in [-0.1, -0.05) is 49.2 Å². The minimum absolute atomic E-state index is 0. The van der Waals surface area contributed by atoms with Gasteiger partial charge in [0.2, 0.25) is 5.91 Å². The van der Waals surface area contributed by atoms with Crippen molar-refractivity contribution in [1.82, 2.24) is 4.90 Å². The van der Waals surface area contributed by atoms with Crippen LogP contribution in [0.25, 0.3) is 6.08 Å². The van der Waals surface area contributed by atoms with Gasteiger partial charge in [0.1, 0.15) is 5.75 Å². The van der Waals surface area contributed by atoms with Gasteiger partial charge in [0.25, 0.3) is 0 Å². The second kappa shape index (κ2) is 8.58. The van der Waals surface area contributed by atoms with Gasteiger partial charge in [-0.3, -0.25) is 4.79 Å². The van der Waals surface area contributed by atoms with Crippen LogP contribution < -0.4 is 4.74 Å². The molecule has 0 radical (unpaired) electrons. The molecule has 1 saturated carbocycles. The molecule has 158 valence electrons. The number of rotatable bonds is 3. The number of benzene rings is 2. The van der Waals surface area contributed by atoms with Crippen LogP contribution in [-0.2, 0) is 16.6 Å². The monoisotopic (exact) mass is 467 g/mol. The van der Waals surface area contributed by atoms with Crippen molar-refractivity contribution < 1.29 is 9.53 Å². The first kappa shape index (κ1) is 21.2.